The molecule has 8 nitrogen and oxygen atoms in total. The molecule has 9 heteroatoms. The third-order valence-electron chi connectivity index (χ3n) is 4.54. The van der Waals surface area contributed by atoms with Crippen LogP contribution in [0.25, 0.3) is 10.1 Å². The molecule has 2 aromatic heterocycles. The number of aromatic nitrogens is 2. The number of nitrogen functional groups attached to an aromatic ring is 1. The fourth-order valence-electron chi connectivity index (χ4n) is 3.06. The molecule has 0 aliphatic heterocycles. The first-order chi connectivity index (χ1) is 15.0. The van der Waals surface area contributed by atoms with Crippen molar-refractivity contribution >= 4 is 39.2 Å². The fraction of sp³-hybridized carbons (Fsp3) is 0.136. The number of hydrogen-bond acceptors (Lipinski definition) is 6. The van der Waals surface area contributed by atoms with Crippen molar-refractivity contribution in [1.29, 1.82) is 5.41 Å². The third kappa shape index (κ3) is 4.84. The average molecular weight is 436 g/mol. The number of rotatable bonds is 7. The summed E-state index contributed by atoms with van der Waals surface area (Å²) >= 11 is 1.43. The van der Waals surface area contributed by atoms with Gasteiger partial charge in [-0.2, -0.15) is 5.10 Å². The Balaban J connectivity index is 1.54. The maximum absolute atomic E-state index is 12.2. The van der Waals surface area contributed by atoms with E-state index >= 15 is 0 Å². The minimum Gasteiger partial charge on any atom is -0.481 e. The molecular formula is C22H21N5O3S. The van der Waals surface area contributed by atoms with Gasteiger partial charge in [0, 0.05) is 29.4 Å². The first-order valence-corrected chi connectivity index (χ1v) is 10.3. The lowest BCUT2D eigenvalue weighted by Gasteiger charge is -2.20. The Morgan fingerprint density at radius 3 is 2.74 bits per heavy atom. The van der Waals surface area contributed by atoms with Crippen LogP contribution >= 0.6 is 11.3 Å². The van der Waals surface area contributed by atoms with Crippen LogP contribution in [0.15, 0.2) is 66.9 Å². The molecule has 0 aliphatic rings. The summed E-state index contributed by atoms with van der Waals surface area (Å²) in [6.45, 7) is 0.00275. The van der Waals surface area contributed by atoms with E-state index in [1.807, 2.05) is 54.6 Å². The number of nitrogens with one attached hydrogen (secondary N) is 2. The molecule has 0 saturated carbocycles. The van der Waals surface area contributed by atoms with Gasteiger partial charge in [0.05, 0.1) is 4.88 Å². The second kappa shape index (κ2) is 8.88. The third-order valence-corrected chi connectivity index (χ3v) is 5.67. The molecular weight excluding hydrogens is 414 g/mol. The quantitative estimate of drug-likeness (QED) is 0.296. The van der Waals surface area contributed by atoms with E-state index in [0.717, 1.165) is 15.6 Å². The highest BCUT2D eigenvalue weighted by atomic mass is 32.1. The number of benzene rings is 2. The first kappa shape index (κ1) is 20.4. The topological polar surface area (TPSA) is 115 Å². The number of carbonyl (C=O) groups excluding carboxylic acids is 1. The van der Waals surface area contributed by atoms with Crippen molar-refractivity contribution in [3.63, 3.8) is 0 Å². The maximum Gasteiger partial charge on any atom is 0.412 e. The normalized spacial score (nSPS) is 11.8. The summed E-state index contributed by atoms with van der Waals surface area (Å²) in [5, 5.41) is 15.3. The van der Waals surface area contributed by atoms with E-state index in [2.05, 4.69) is 10.4 Å². The molecule has 0 bridgehead atoms. The summed E-state index contributed by atoms with van der Waals surface area (Å²) < 4.78 is 14.3. The van der Waals surface area contributed by atoms with Gasteiger partial charge in [-0.1, -0.05) is 36.4 Å². The molecule has 1 amide bonds. The van der Waals surface area contributed by atoms with Gasteiger partial charge in [0.2, 0.25) is 0 Å². The van der Waals surface area contributed by atoms with Gasteiger partial charge < -0.3 is 15.2 Å². The van der Waals surface area contributed by atoms with E-state index in [4.69, 9.17) is 20.6 Å². The van der Waals surface area contributed by atoms with Crippen LogP contribution in [-0.4, -0.2) is 28.3 Å². The Morgan fingerprint density at radius 2 is 2.03 bits per heavy atom. The average Bonchev–Trinajstić information content (AvgIpc) is 3.38. The molecule has 0 spiro atoms. The van der Waals surface area contributed by atoms with Crippen LogP contribution in [0, 0.1) is 5.41 Å². The molecule has 2 aromatic carbocycles. The predicted octanol–water partition coefficient (Wildman–Crippen LogP) is 4.29. The Morgan fingerprint density at radius 1 is 1.23 bits per heavy atom. The van der Waals surface area contributed by atoms with E-state index < -0.39 is 12.2 Å². The SMILES string of the molecule is Cn1ccc(NC(=O)OCC(Oc2cccc3sc(C(=N)N)cc23)c2ccccc2)n1. The predicted molar refractivity (Wildman–Crippen MR) is 121 cm³/mol. The number of fused-ring (bicyclic) bond motifs is 1. The monoisotopic (exact) mass is 435 g/mol. The van der Waals surface area contributed by atoms with Crippen molar-refractivity contribution in [2.45, 2.75) is 6.10 Å². The number of carbonyl (C=O) groups is 1. The zero-order valence-corrected chi connectivity index (χ0v) is 17.6. The van der Waals surface area contributed by atoms with Crippen LogP contribution in [0.2, 0.25) is 0 Å². The van der Waals surface area contributed by atoms with E-state index in [-0.39, 0.29) is 12.4 Å². The highest BCUT2D eigenvalue weighted by molar-refractivity contribution is 7.20. The minimum absolute atomic E-state index is 0.00275. The van der Waals surface area contributed by atoms with Crippen LogP contribution < -0.4 is 15.8 Å². The van der Waals surface area contributed by atoms with E-state index in [1.165, 1.54) is 11.3 Å². The van der Waals surface area contributed by atoms with Crippen LogP contribution in [0.3, 0.4) is 0 Å². The van der Waals surface area contributed by atoms with Crippen molar-refractivity contribution in [2.24, 2.45) is 12.8 Å². The molecule has 4 aromatic rings. The van der Waals surface area contributed by atoms with E-state index in [0.29, 0.717) is 16.4 Å². The lowest BCUT2D eigenvalue weighted by molar-refractivity contribution is 0.0909. The van der Waals surface area contributed by atoms with Crippen LogP contribution in [-0.2, 0) is 11.8 Å². The molecule has 1 unspecified atom stereocenters. The second-order valence-corrected chi connectivity index (χ2v) is 7.89. The highest BCUT2D eigenvalue weighted by Crippen LogP contribution is 2.35. The summed E-state index contributed by atoms with van der Waals surface area (Å²) in [4.78, 5) is 12.9. The van der Waals surface area contributed by atoms with Gasteiger partial charge in [-0.25, -0.2) is 4.79 Å². The fourth-order valence-corrected chi connectivity index (χ4v) is 4.00. The molecule has 0 aliphatic carbocycles. The Kier molecular flexibility index (Phi) is 5.85. The van der Waals surface area contributed by atoms with Crippen molar-refractivity contribution in [2.75, 3.05) is 11.9 Å². The van der Waals surface area contributed by atoms with Gasteiger partial charge in [-0.05, 0) is 23.8 Å². The summed E-state index contributed by atoms with van der Waals surface area (Å²) in [6, 6.07) is 18.8. The molecule has 1 atom stereocenters. The van der Waals surface area contributed by atoms with Crippen LogP contribution in [0.1, 0.15) is 16.5 Å². The van der Waals surface area contributed by atoms with Gasteiger partial charge in [-0.15, -0.1) is 11.3 Å². The largest absolute Gasteiger partial charge is 0.481 e. The smallest absolute Gasteiger partial charge is 0.412 e. The molecule has 31 heavy (non-hydrogen) atoms. The minimum atomic E-state index is -0.615. The molecule has 0 radical (unpaired) electrons. The Labute approximate surface area is 182 Å². The summed E-state index contributed by atoms with van der Waals surface area (Å²) in [6.07, 6.45) is 0.584. The van der Waals surface area contributed by atoms with Gasteiger partial charge in [-0.3, -0.25) is 15.4 Å². The Hall–Kier alpha value is -3.85. The molecule has 0 fully saturated rings. The van der Waals surface area contributed by atoms with E-state index in [1.54, 1.807) is 24.0 Å². The van der Waals surface area contributed by atoms with Gasteiger partial charge >= 0.3 is 6.09 Å². The zero-order valence-electron chi connectivity index (χ0n) is 16.7. The number of amidine groups is 1. The number of amides is 1. The molecule has 4 rings (SSSR count). The van der Waals surface area contributed by atoms with Crippen molar-refractivity contribution in [1.82, 2.24) is 9.78 Å². The van der Waals surface area contributed by atoms with Crippen molar-refractivity contribution in [3.05, 3.63) is 77.3 Å². The number of anilines is 1. The number of aryl methyl sites for hydroxylation is 1. The van der Waals surface area contributed by atoms with Gasteiger partial charge in [0.25, 0.3) is 0 Å². The van der Waals surface area contributed by atoms with Crippen LogP contribution in [0.4, 0.5) is 10.6 Å². The summed E-state index contributed by atoms with van der Waals surface area (Å²) in [7, 11) is 1.76. The van der Waals surface area contributed by atoms with Gasteiger partial charge in [0.15, 0.2) is 11.9 Å². The highest BCUT2D eigenvalue weighted by Gasteiger charge is 2.19. The molecule has 158 valence electrons. The number of ether oxygens (including phenoxy) is 2. The summed E-state index contributed by atoms with van der Waals surface area (Å²) in [5.41, 5.74) is 6.52. The lowest BCUT2D eigenvalue weighted by Crippen LogP contribution is -2.21. The molecule has 4 N–H and O–H groups in total. The number of nitrogens with zero attached hydrogens (tertiary/aromatic N) is 2. The molecule has 2 heterocycles. The van der Waals surface area contributed by atoms with Crippen molar-refractivity contribution in [3.8, 4) is 5.75 Å². The van der Waals surface area contributed by atoms with E-state index in [9.17, 15) is 4.79 Å². The maximum atomic E-state index is 12.2. The van der Waals surface area contributed by atoms with Gasteiger partial charge in [0.1, 0.15) is 18.2 Å². The van der Waals surface area contributed by atoms with Crippen LogP contribution in [0.5, 0.6) is 5.75 Å². The number of nitrogens with two attached hydrogens (primary N) is 1. The number of hydrogen-bond donors (Lipinski definition) is 3. The van der Waals surface area contributed by atoms with Crippen molar-refractivity contribution < 1.29 is 14.3 Å². The molecule has 0 saturated heterocycles. The second-order valence-electron chi connectivity index (χ2n) is 6.81. The lowest BCUT2D eigenvalue weighted by atomic mass is 10.1. The Bertz CT molecular complexity index is 1220. The summed E-state index contributed by atoms with van der Waals surface area (Å²) in [5.74, 6) is 1.05. The first-order valence-electron chi connectivity index (χ1n) is 9.51. The number of thiophene rings is 1. The standard InChI is InChI=1S/C22H21N5O3S/c1-27-11-10-20(26-27)25-22(28)29-13-17(14-6-3-2-4-7-14)30-16-8-5-9-18-15(16)12-19(31-18)21(23)24/h2-12,17H,13H2,1H3,(H3,23,24)(H,25,26,28). The zero-order chi connectivity index (χ0) is 21.8.